The van der Waals surface area contributed by atoms with Gasteiger partial charge in [-0.1, -0.05) is 0 Å². The van der Waals surface area contributed by atoms with Crippen LogP contribution in [0.3, 0.4) is 0 Å². The van der Waals surface area contributed by atoms with Gasteiger partial charge in [0.2, 0.25) is 0 Å². The van der Waals surface area contributed by atoms with Crippen molar-refractivity contribution in [2.24, 2.45) is 5.92 Å². The number of rotatable bonds is 17. The highest BCUT2D eigenvalue weighted by molar-refractivity contribution is 6.60. The van der Waals surface area contributed by atoms with Gasteiger partial charge in [-0.3, -0.25) is 0 Å². The van der Waals surface area contributed by atoms with E-state index in [4.69, 9.17) is 26.6 Å². The molecular formula is C19H44N2O7Si2. The Morgan fingerprint density at radius 1 is 0.767 bits per heavy atom. The molecule has 0 spiro atoms. The third-order valence-corrected chi connectivity index (χ3v) is 11.8. The van der Waals surface area contributed by atoms with Crippen LogP contribution in [0.15, 0.2) is 0 Å². The molecule has 0 amide bonds. The highest BCUT2D eigenvalue weighted by Crippen LogP contribution is 2.31. The van der Waals surface area contributed by atoms with Crippen molar-refractivity contribution >= 4 is 17.6 Å². The van der Waals surface area contributed by atoms with E-state index in [1.807, 2.05) is 0 Å². The summed E-state index contributed by atoms with van der Waals surface area (Å²) in [5, 5.41) is 17.3. The first-order chi connectivity index (χ1) is 14.4. The fourth-order valence-corrected chi connectivity index (χ4v) is 7.71. The van der Waals surface area contributed by atoms with E-state index in [2.05, 4.69) is 10.6 Å². The van der Waals surface area contributed by atoms with Crippen LogP contribution < -0.4 is 10.6 Å². The van der Waals surface area contributed by atoms with E-state index in [0.717, 1.165) is 63.8 Å². The first-order valence-electron chi connectivity index (χ1n) is 10.9. The molecule has 180 valence electrons. The monoisotopic (exact) mass is 468 g/mol. The maximum absolute atomic E-state index is 10.4. The zero-order valence-electron chi connectivity index (χ0n) is 19.7. The van der Waals surface area contributed by atoms with Gasteiger partial charge in [-0.05, 0) is 44.6 Å². The van der Waals surface area contributed by atoms with E-state index < -0.39 is 17.6 Å². The second-order valence-corrected chi connectivity index (χ2v) is 14.0. The van der Waals surface area contributed by atoms with Crippen LogP contribution in [0.25, 0.3) is 0 Å². The Kier molecular flexibility index (Phi) is 14.1. The molecule has 30 heavy (non-hydrogen) atoms. The highest BCUT2D eigenvalue weighted by Gasteiger charge is 2.39. The van der Waals surface area contributed by atoms with Gasteiger partial charge in [-0.2, -0.15) is 0 Å². The van der Waals surface area contributed by atoms with Gasteiger partial charge in [0.25, 0.3) is 0 Å². The Bertz CT molecular complexity index is 427. The lowest BCUT2D eigenvalue weighted by Crippen LogP contribution is -2.47. The van der Waals surface area contributed by atoms with Crippen LogP contribution in [-0.2, 0) is 26.6 Å². The van der Waals surface area contributed by atoms with Crippen LogP contribution in [0, 0.1) is 5.92 Å². The van der Waals surface area contributed by atoms with E-state index in [9.17, 15) is 5.11 Å². The molecule has 0 aromatic carbocycles. The van der Waals surface area contributed by atoms with Crippen molar-refractivity contribution in [3.05, 3.63) is 0 Å². The fourth-order valence-electron chi connectivity index (χ4n) is 4.12. The predicted molar refractivity (Wildman–Crippen MR) is 120 cm³/mol. The van der Waals surface area contributed by atoms with Crippen molar-refractivity contribution in [2.45, 2.75) is 56.3 Å². The van der Waals surface area contributed by atoms with Crippen molar-refractivity contribution in [3.8, 4) is 0 Å². The molecule has 0 bridgehead atoms. The van der Waals surface area contributed by atoms with Crippen LogP contribution >= 0.6 is 0 Å². The molecule has 0 saturated heterocycles. The summed E-state index contributed by atoms with van der Waals surface area (Å²) in [6, 6.07) is 1.72. The summed E-state index contributed by atoms with van der Waals surface area (Å²) in [5.74, 6) is 0.543. The third kappa shape index (κ3) is 8.90. The lowest BCUT2D eigenvalue weighted by atomic mass is 9.82. The molecule has 1 aliphatic carbocycles. The normalized spacial score (nSPS) is 23.1. The maximum atomic E-state index is 10.4. The van der Waals surface area contributed by atoms with Gasteiger partial charge >= 0.3 is 17.6 Å². The van der Waals surface area contributed by atoms with Crippen molar-refractivity contribution in [1.82, 2.24) is 10.6 Å². The largest absolute Gasteiger partial charge is 0.500 e. The summed E-state index contributed by atoms with van der Waals surface area (Å²) in [7, 11) is 4.89. The maximum Gasteiger partial charge on any atom is 0.500 e. The summed E-state index contributed by atoms with van der Waals surface area (Å²) in [6.45, 7) is 2.55. The van der Waals surface area contributed by atoms with E-state index in [1.165, 1.54) is 0 Å². The second kappa shape index (κ2) is 15.0. The van der Waals surface area contributed by atoms with Gasteiger partial charge in [0, 0.05) is 73.9 Å². The van der Waals surface area contributed by atoms with Crippen LogP contribution in [0.4, 0.5) is 0 Å². The molecule has 0 aromatic heterocycles. The van der Waals surface area contributed by atoms with Gasteiger partial charge in [0.05, 0.1) is 6.10 Å². The summed E-state index contributed by atoms with van der Waals surface area (Å²) in [5.41, 5.74) is 0. The first kappa shape index (κ1) is 28.1. The molecule has 0 radical (unpaired) electrons. The molecule has 1 aliphatic rings. The first-order valence-corrected chi connectivity index (χ1v) is 14.7. The molecule has 3 N–H and O–H groups in total. The number of hydrogen-bond donors (Lipinski definition) is 3. The Morgan fingerprint density at radius 3 is 1.90 bits per heavy atom. The minimum Gasteiger partial charge on any atom is -0.392 e. The zero-order chi connectivity index (χ0) is 22.5. The molecule has 0 aliphatic heterocycles. The molecule has 11 heteroatoms. The van der Waals surface area contributed by atoms with Crippen LogP contribution in [-0.4, -0.2) is 97.2 Å². The van der Waals surface area contributed by atoms with Gasteiger partial charge in [0.1, 0.15) is 0 Å². The lowest BCUT2D eigenvalue weighted by Gasteiger charge is -2.35. The number of aliphatic hydroxyl groups is 1. The third-order valence-electron chi connectivity index (χ3n) is 6.19. The fraction of sp³-hybridized carbons (Fsp3) is 1.00. The molecule has 1 rings (SSSR count). The topological polar surface area (TPSA) is 99.7 Å². The molecule has 1 saturated carbocycles. The van der Waals surface area contributed by atoms with Crippen molar-refractivity contribution in [3.63, 3.8) is 0 Å². The molecule has 9 nitrogen and oxygen atoms in total. The molecule has 0 heterocycles. The van der Waals surface area contributed by atoms with E-state index in [-0.39, 0.29) is 12.1 Å². The van der Waals surface area contributed by atoms with Gasteiger partial charge in [0.15, 0.2) is 0 Å². The summed E-state index contributed by atoms with van der Waals surface area (Å²) in [6.07, 6.45) is 4.46. The minimum absolute atomic E-state index is 0.129. The summed E-state index contributed by atoms with van der Waals surface area (Å²) < 4.78 is 32.9. The average molecular weight is 469 g/mol. The Labute approximate surface area is 184 Å². The molecule has 3 atom stereocenters. The lowest BCUT2D eigenvalue weighted by molar-refractivity contribution is 0.0665. The Hall–Kier alpha value is 0.0738. The average Bonchev–Trinajstić information content (AvgIpc) is 2.79. The minimum atomic E-state index is -2.52. The highest BCUT2D eigenvalue weighted by atomic mass is 28.4. The Balaban J connectivity index is 2.26. The number of hydrogen-bond acceptors (Lipinski definition) is 9. The quantitative estimate of drug-likeness (QED) is 0.215. The number of nitrogens with one attached hydrogen (secondary N) is 2. The summed E-state index contributed by atoms with van der Waals surface area (Å²) >= 11 is 0. The second-order valence-electron chi connectivity index (χ2n) is 7.79. The standard InChI is InChI=1S/C19H44N2O7Si2/c1-23-29(24-2,25-3)14-7-11-20-12-13-21-18-16-17(8-9-19(18)22)10-15-30(26-4,27-5)28-6/h17-22H,7-16H2,1-6H3. The number of aliphatic hydroxyl groups excluding tert-OH is 1. The zero-order valence-corrected chi connectivity index (χ0v) is 21.7. The smallest absolute Gasteiger partial charge is 0.392 e. The van der Waals surface area contributed by atoms with E-state index in [1.54, 1.807) is 42.7 Å². The van der Waals surface area contributed by atoms with Crippen molar-refractivity contribution < 1.29 is 31.7 Å². The summed E-state index contributed by atoms with van der Waals surface area (Å²) in [4.78, 5) is 0. The molecule has 1 fully saturated rings. The van der Waals surface area contributed by atoms with Gasteiger partial charge in [-0.25, -0.2) is 0 Å². The molecule has 3 unspecified atom stereocenters. The van der Waals surface area contributed by atoms with Gasteiger partial charge < -0.3 is 42.3 Å². The predicted octanol–water partition coefficient (Wildman–Crippen LogP) is 1.23. The van der Waals surface area contributed by atoms with Crippen LogP contribution in [0.1, 0.15) is 32.1 Å². The van der Waals surface area contributed by atoms with Crippen LogP contribution in [0.5, 0.6) is 0 Å². The Morgan fingerprint density at radius 2 is 1.33 bits per heavy atom. The SMILES string of the molecule is CO[Si](CCCNCCNC1CC(CC[Si](OC)(OC)OC)CCC1O)(OC)OC. The molecular weight excluding hydrogens is 424 g/mol. The molecule has 0 aromatic rings. The van der Waals surface area contributed by atoms with Gasteiger partial charge in [-0.15, -0.1) is 0 Å². The van der Waals surface area contributed by atoms with E-state index in [0.29, 0.717) is 5.92 Å². The van der Waals surface area contributed by atoms with Crippen LogP contribution in [0.2, 0.25) is 12.1 Å². The van der Waals surface area contributed by atoms with Crippen molar-refractivity contribution in [2.75, 3.05) is 62.3 Å². The van der Waals surface area contributed by atoms with E-state index >= 15 is 0 Å². The van der Waals surface area contributed by atoms with Crippen molar-refractivity contribution in [1.29, 1.82) is 0 Å².